The van der Waals surface area contributed by atoms with Crippen LogP contribution in [0.25, 0.3) is 16.8 Å². The fourth-order valence-corrected chi connectivity index (χ4v) is 3.18. The molecule has 0 atom stereocenters. The van der Waals surface area contributed by atoms with E-state index in [-0.39, 0.29) is 11.7 Å². The summed E-state index contributed by atoms with van der Waals surface area (Å²) in [6.07, 6.45) is 3.72. The lowest BCUT2D eigenvalue weighted by atomic mass is 10.0. The van der Waals surface area contributed by atoms with E-state index in [2.05, 4.69) is 5.10 Å². The molecule has 1 aliphatic rings. The van der Waals surface area contributed by atoms with Gasteiger partial charge in [0.2, 0.25) is 0 Å². The van der Waals surface area contributed by atoms with E-state index in [1.807, 2.05) is 41.1 Å². The molecule has 3 aromatic rings. The standard InChI is InChI=1S/C21H20N2O3/c1-2-26-21(25)19-13-22-23(20(19)14-9-10-14)17-7-3-5-15(11-17)16-6-4-8-18(24)12-16/h3-8,11-14,24H,2,9-10H2,1H3. The van der Waals surface area contributed by atoms with Crippen LogP contribution in [0.1, 0.15) is 41.7 Å². The average molecular weight is 348 g/mol. The number of rotatable bonds is 5. The highest BCUT2D eigenvalue weighted by Crippen LogP contribution is 2.42. The Morgan fingerprint density at radius 1 is 1.19 bits per heavy atom. The number of aromatic nitrogens is 2. The molecule has 0 bridgehead atoms. The average Bonchev–Trinajstić information content (AvgIpc) is 3.40. The van der Waals surface area contributed by atoms with Gasteiger partial charge in [0.05, 0.1) is 24.2 Å². The molecule has 0 radical (unpaired) electrons. The molecule has 26 heavy (non-hydrogen) atoms. The first-order chi connectivity index (χ1) is 12.7. The molecule has 1 saturated carbocycles. The summed E-state index contributed by atoms with van der Waals surface area (Å²) < 4.78 is 7.03. The summed E-state index contributed by atoms with van der Waals surface area (Å²) in [4.78, 5) is 12.3. The van der Waals surface area contributed by atoms with Gasteiger partial charge in [-0.25, -0.2) is 9.48 Å². The summed E-state index contributed by atoms with van der Waals surface area (Å²) in [6.45, 7) is 2.15. The van der Waals surface area contributed by atoms with Crippen molar-refractivity contribution < 1.29 is 14.6 Å². The third kappa shape index (κ3) is 3.08. The minimum absolute atomic E-state index is 0.232. The number of hydrogen-bond donors (Lipinski definition) is 1. The number of ether oxygens (including phenoxy) is 1. The molecule has 5 nitrogen and oxygen atoms in total. The highest BCUT2D eigenvalue weighted by molar-refractivity contribution is 5.91. The number of carbonyl (C=O) groups is 1. The number of hydrogen-bond acceptors (Lipinski definition) is 4. The van der Waals surface area contributed by atoms with E-state index < -0.39 is 0 Å². The lowest BCUT2D eigenvalue weighted by molar-refractivity contribution is 0.0525. The smallest absolute Gasteiger partial charge is 0.341 e. The molecule has 0 unspecified atom stereocenters. The number of carbonyl (C=O) groups excluding carboxylic acids is 1. The van der Waals surface area contributed by atoms with Crippen LogP contribution in [0.15, 0.2) is 54.7 Å². The molecule has 1 heterocycles. The first kappa shape index (κ1) is 16.4. The monoisotopic (exact) mass is 348 g/mol. The van der Waals surface area contributed by atoms with Crippen LogP contribution in [0.5, 0.6) is 5.75 Å². The fraction of sp³-hybridized carbons (Fsp3) is 0.238. The Bertz CT molecular complexity index is 957. The minimum Gasteiger partial charge on any atom is -0.508 e. The van der Waals surface area contributed by atoms with Crippen molar-refractivity contribution in [3.8, 4) is 22.6 Å². The van der Waals surface area contributed by atoms with Crippen molar-refractivity contribution in [2.45, 2.75) is 25.7 Å². The molecule has 1 aliphatic carbocycles. The predicted molar refractivity (Wildman–Crippen MR) is 98.6 cm³/mol. The highest BCUT2D eigenvalue weighted by Gasteiger charge is 2.33. The summed E-state index contributed by atoms with van der Waals surface area (Å²) in [5.41, 5.74) is 4.28. The minimum atomic E-state index is -0.315. The molecule has 4 rings (SSSR count). The second-order valence-corrected chi connectivity index (χ2v) is 6.45. The van der Waals surface area contributed by atoms with Crippen LogP contribution in [0.4, 0.5) is 0 Å². The zero-order valence-electron chi connectivity index (χ0n) is 14.6. The molecule has 0 saturated heterocycles. The largest absolute Gasteiger partial charge is 0.508 e. The molecule has 2 aromatic carbocycles. The van der Waals surface area contributed by atoms with E-state index in [0.29, 0.717) is 18.1 Å². The van der Waals surface area contributed by atoms with Crippen LogP contribution in [-0.2, 0) is 4.74 Å². The van der Waals surface area contributed by atoms with Gasteiger partial charge in [0, 0.05) is 5.92 Å². The van der Waals surface area contributed by atoms with E-state index in [9.17, 15) is 9.90 Å². The summed E-state index contributed by atoms with van der Waals surface area (Å²) in [7, 11) is 0. The van der Waals surface area contributed by atoms with E-state index in [0.717, 1.165) is 35.3 Å². The molecule has 1 aromatic heterocycles. The van der Waals surface area contributed by atoms with Gasteiger partial charge in [-0.3, -0.25) is 0 Å². The van der Waals surface area contributed by atoms with Crippen molar-refractivity contribution in [1.29, 1.82) is 0 Å². The lowest BCUT2D eigenvalue weighted by Gasteiger charge is -2.11. The first-order valence-electron chi connectivity index (χ1n) is 8.82. The Morgan fingerprint density at radius 3 is 2.62 bits per heavy atom. The van der Waals surface area contributed by atoms with Gasteiger partial charge < -0.3 is 9.84 Å². The van der Waals surface area contributed by atoms with Crippen molar-refractivity contribution >= 4 is 5.97 Å². The Balaban J connectivity index is 1.77. The fourth-order valence-electron chi connectivity index (χ4n) is 3.18. The van der Waals surface area contributed by atoms with Crippen LogP contribution in [0.3, 0.4) is 0 Å². The summed E-state index contributed by atoms with van der Waals surface area (Å²) in [6, 6.07) is 15.1. The number of phenolic OH excluding ortho intramolecular Hbond substituents is 1. The first-order valence-corrected chi connectivity index (χ1v) is 8.82. The van der Waals surface area contributed by atoms with Crippen LogP contribution in [0.2, 0.25) is 0 Å². The molecule has 0 spiro atoms. The zero-order valence-corrected chi connectivity index (χ0v) is 14.6. The van der Waals surface area contributed by atoms with Gasteiger partial charge in [-0.15, -0.1) is 0 Å². The van der Waals surface area contributed by atoms with Gasteiger partial charge in [0.25, 0.3) is 0 Å². The second-order valence-electron chi connectivity index (χ2n) is 6.45. The number of phenols is 1. The SMILES string of the molecule is CCOC(=O)c1cnn(-c2cccc(-c3cccc(O)c3)c2)c1C1CC1. The van der Waals surface area contributed by atoms with Crippen molar-refractivity contribution in [2.75, 3.05) is 6.61 Å². The third-order valence-corrected chi connectivity index (χ3v) is 4.54. The van der Waals surface area contributed by atoms with E-state index in [4.69, 9.17) is 4.74 Å². The number of aromatic hydroxyl groups is 1. The van der Waals surface area contributed by atoms with Crippen LogP contribution in [-0.4, -0.2) is 27.5 Å². The van der Waals surface area contributed by atoms with Gasteiger partial charge >= 0.3 is 5.97 Å². The number of benzene rings is 2. The normalized spacial score (nSPS) is 13.6. The Labute approximate surface area is 151 Å². The topological polar surface area (TPSA) is 64.3 Å². The highest BCUT2D eigenvalue weighted by atomic mass is 16.5. The van der Waals surface area contributed by atoms with Crippen LogP contribution < -0.4 is 0 Å². The Morgan fingerprint density at radius 2 is 1.92 bits per heavy atom. The van der Waals surface area contributed by atoms with Crippen molar-refractivity contribution in [1.82, 2.24) is 9.78 Å². The second kappa shape index (κ2) is 6.67. The zero-order chi connectivity index (χ0) is 18.1. The molecule has 1 fully saturated rings. The Hall–Kier alpha value is -3.08. The van der Waals surface area contributed by atoms with Gasteiger partial charge in [0.1, 0.15) is 11.3 Å². The molecular formula is C21H20N2O3. The van der Waals surface area contributed by atoms with Gasteiger partial charge in [0.15, 0.2) is 0 Å². The number of esters is 1. The van der Waals surface area contributed by atoms with Gasteiger partial charge in [-0.05, 0) is 55.2 Å². The maximum Gasteiger partial charge on any atom is 0.341 e. The molecule has 0 amide bonds. The summed E-state index contributed by atoms with van der Waals surface area (Å²) in [5.74, 6) is 0.265. The molecule has 5 heteroatoms. The molecule has 0 aliphatic heterocycles. The lowest BCUT2D eigenvalue weighted by Crippen LogP contribution is -2.09. The summed E-state index contributed by atoms with van der Waals surface area (Å²) >= 11 is 0. The van der Waals surface area contributed by atoms with Gasteiger partial charge in [-0.1, -0.05) is 24.3 Å². The van der Waals surface area contributed by atoms with Crippen LogP contribution in [0, 0.1) is 0 Å². The molecular weight excluding hydrogens is 328 g/mol. The quantitative estimate of drug-likeness (QED) is 0.698. The number of nitrogens with zero attached hydrogens (tertiary/aromatic N) is 2. The van der Waals surface area contributed by atoms with E-state index >= 15 is 0 Å². The molecule has 1 N–H and O–H groups in total. The maximum absolute atomic E-state index is 12.3. The summed E-state index contributed by atoms with van der Waals surface area (Å²) in [5, 5.41) is 14.2. The maximum atomic E-state index is 12.3. The van der Waals surface area contributed by atoms with Crippen molar-refractivity contribution in [3.63, 3.8) is 0 Å². The third-order valence-electron chi connectivity index (χ3n) is 4.54. The van der Waals surface area contributed by atoms with Crippen molar-refractivity contribution in [2.24, 2.45) is 0 Å². The molecule has 132 valence electrons. The predicted octanol–water partition coefficient (Wildman–Crippen LogP) is 4.30. The van der Waals surface area contributed by atoms with E-state index in [1.165, 1.54) is 0 Å². The van der Waals surface area contributed by atoms with Crippen LogP contribution >= 0.6 is 0 Å². The van der Waals surface area contributed by atoms with Crippen molar-refractivity contribution in [3.05, 3.63) is 66.0 Å². The van der Waals surface area contributed by atoms with Gasteiger partial charge in [-0.2, -0.15) is 5.10 Å². The van der Waals surface area contributed by atoms with E-state index in [1.54, 1.807) is 25.3 Å². The Kier molecular flexibility index (Phi) is 4.21.